The van der Waals surface area contributed by atoms with Gasteiger partial charge in [0, 0.05) is 12.1 Å². The van der Waals surface area contributed by atoms with E-state index in [1.165, 1.54) is 44.9 Å². The fourth-order valence-electron chi connectivity index (χ4n) is 7.55. The van der Waals surface area contributed by atoms with Crippen LogP contribution in [0.4, 0.5) is 11.9 Å². The van der Waals surface area contributed by atoms with Crippen LogP contribution in [0.25, 0.3) is 0 Å². The Morgan fingerprint density at radius 2 is 1.49 bits per heavy atom. The normalized spacial score (nSPS) is 40.3. The molecule has 3 aliphatic heterocycles. The van der Waals surface area contributed by atoms with Crippen LogP contribution in [0.5, 0.6) is 6.01 Å². The van der Waals surface area contributed by atoms with E-state index in [0.29, 0.717) is 29.9 Å². The summed E-state index contributed by atoms with van der Waals surface area (Å²) in [7, 11) is 0. The zero-order valence-electron chi connectivity index (χ0n) is 23.6. The molecule has 6 fully saturated rings. The minimum atomic E-state index is -0.764. The van der Waals surface area contributed by atoms with E-state index in [-0.39, 0.29) is 30.9 Å². The van der Waals surface area contributed by atoms with E-state index in [2.05, 4.69) is 20.6 Å². The van der Waals surface area contributed by atoms with Gasteiger partial charge in [-0.2, -0.15) is 15.0 Å². The van der Waals surface area contributed by atoms with Crippen LogP contribution < -0.4 is 15.4 Å². The lowest BCUT2D eigenvalue weighted by atomic mass is 9.95. The first kappa shape index (κ1) is 26.1. The number of rotatable bonds is 7. The molecule has 11 nitrogen and oxygen atoms in total. The quantitative estimate of drug-likeness (QED) is 0.518. The van der Waals surface area contributed by atoms with E-state index in [9.17, 15) is 0 Å². The van der Waals surface area contributed by atoms with Gasteiger partial charge in [-0.3, -0.25) is 0 Å². The average Bonchev–Trinajstić information content (AvgIpc) is 3.64. The summed E-state index contributed by atoms with van der Waals surface area (Å²) >= 11 is 0. The number of anilines is 2. The Bertz CT molecular complexity index is 1050. The second-order valence-electron chi connectivity index (χ2n) is 13.2. The summed E-state index contributed by atoms with van der Waals surface area (Å²) in [4.78, 5) is 14.1. The second kappa shape index (κ2) is 9.94. The van der Waals surface area contributed by atoms with Crippen molar-refractivity contribution >= 4 is 11.9 Å². The van der Waals surface area contributed by atoms with Crippen LogP contribution in [-0.4, -0.2) is 75.9 Å². The molecule has 1 aromatic heterocycles. The second-order valence-corrected chi connectivity index (χ2v) is 13.2. The van der Waals surface area contributed by atoms with Crippen LogP contribution in [-0.2, 0) is 23.7 Å². The number of fused-ring (bicyclic) bond motifs is 5. The van der Waals surface area contributed by atoms with Crippen molar-refractivity contribution in [3.05, 3.63) is 0 Å². The fraction of sp³-hybridized carbons (Fsp3) is 0.893. The van der Waals surface area contributed by atoms with Crippen molar-refractivity contribution in [2.75, 3.05) is 17.2 Å². The van der Waals surface area contributed by atoms with Crippen molar-refractivity contribution < 1.29 is 28.4 Å². The van der Waals surface area contributed by atoms with Gasteiger partial charge in [0.05, 0.1) is 0 Å². The monoisotopic (exact) mass is 545 g/mol. The van der Waals surface area contributed by atoms with Gasteiger partial charge in [0.2, 0.25) is 11.9 Å². The van der Waals surface area contributed by atoms with Gasteiger partial charge in [-0.1, -0.05) is 25.7 Å². The zero-order chi connectivity index (χ0) is 26.8. The molecule has 216 valence electrons. The van der Waals surface area contributed by atoms with Crippen LogP contribution >= 0.6 is 0 Å². The maximum Gasteiger partial charge on any atom is 0.323 e. The molecule has 2 bridgehead atoms. The molecule has 3 aliphatic carbocycles. The van der Waals surface area contributed by atoms with Gasteiger partial charge < -0.3 is 39.1 Å². The molecule has 0 radical (unpaired) electrons. The molecule has 0 spiro atoms. The standard InChI is InChI=1S/C28H43N5O6/c1-27(2)36-20-19(35-23-22(21(20)37-27)38-28(3,4)39-23)14-34-26-32-24(29-17-8-6-5-7-9-17)31-25(33-26)30-18-13-15-10-11-16(18)12-15/h15-23H,5-14H2,1-4H3,(H2,29,30,31,32,33)/t15-,16+,18+,19-,20+,21+,22-,23-/m1/s1. The van der Waals surface area contributed by atoms with Crippen molar-refractivity contribution in [2.24, 2.45) is 11.8 Å². The van der Waals surface area contributed by atoms with E-state index in [1.807, 2.05) is 27.7 Å². The molecule has 39 heavy (non-hydrogen) atoms. The number of nitrogens with one attached hydrogen (secondary N) is 2. The first-order valence-corrected chi connectivity index (χ1v) is 15.0. The first-order valence-electron chi connectivity index (χ1n) is 15.0. The molecular formula is C28H43N5O6. The summed E-state index contributed by atoms with van der Waals surface area (Å²) in [6, 6.07) is 1.06. The summed E-state index contributed by atoms with van der Waals surface area (Å²) < 4.78 is 37.2. The van der Waals surface area contributed by atoms with E-state index < -0.39 is 24.0 Å². The number of nitrogens with zero attached hydrogens (tertiary/aromatic N) is 3. The van der Waals surface area contributed by atoms with Crippen LogP contribution in [0, 0.1) is 11.8 Å². The number of ether oxygens (including phenoxy) is 6. The molecule has 6 aliphatic rings. The number of hydrogen-bond donors (Lipinski definition) is 2. The number of hydrogen-bond acceptors (Lipinski definition) is 11. The molecule has 7 rings (SSSR count). The Morgan fingerprint density at radius 3 is 2.23 bits per heavy atom. The SMILES string of the molecule is CC1(C)O[C@H]2[C@@H](O1)[C@@H](COc1nc(NC3CCCCC3)nc(N[C@H]3C[C@@H]4CC[C@H]3C4)n1)O[C@@H]1OC(C)(C)O[C@@H]12. The highest BCUT2D eigenvalue weighted by molar-refractivity contribution is 5.38. The lowest BCUT2D eigenvalue weighted by molar-refractivity contribution is -0.238. The Morgan fingerprint density at radius 1 is 0.769 bits per heavy atom. The summed E-state index contributed by atoms with van der Waals surface area (Å²) in [5.74, 6) is 1.15. The van der Waals surface area contributed by atoms with Gasteiger partial charge in [0.1, 0.15) is 31.0 Å². The lowest BCUT2D eigenvalue weighted by Crippen LogP contribution is -2.56. The van der Waals surface area contributed by atoms with E-state index in [0.717, 1.165) is 18.8 Å². The topological polar surface area (TPSA) is 118 Å². The highest BCUT2D eigenvalue weighted by atomic mass is 16.9. The highest BCUT2D eigenvalue weighted by Crippen LogP contribution is 2.46. The molecule has 0 unspecified atom stereocenters. The van der Waals surface area contributed by atoms with Crippen molar-refractivity contribution in [1.29, 1.82) is 0 Å². The zero-order valence-corrected chi connectivity index (χ0v) is 23.6. The van der Waals surface area contributed by atoms with Crippen LogP contribution in [0.1, 0.15) is 85.5 Å². The Hall–Kier alpha value is -1.79. The Labute approximate surface area is 230 Å². The Kier molecular flexibility index (Phi) is 6.66. The van der Waals surface area contributed by atoms with Gasteiger partial charge in [-0.25, -0.2) is 0 Å². The average molecular weight is 546 g/mol. The molecule has 11 heteroatoms. The van der Waals surface area contributed by atoms with Crippen molar-refractivity contribution in [3.8, 4) is 6.01 Å². The van der Waals surface area contributed by atoms with Gasteiger partial charge in [-0.05, 0) is 71.6 Å². The van der Waals surface area contributed by atoms with Crippen molar-refractivity contribution in [1.82, 2.24) is 15.0 Å². The van der Waals surface area contributed by atoms with E-state index in [1.54, 1.807) is 0 Å². The van der Waals surface area contributed by atoms with Crippen molar-refractivity contribution in [3.63, 3.8) is 0 Å². The number of aromatic nitrogens is 3. The summed E-state index contributed by atoms with van der Waals surface area (Å²) in [6.07, 6.45) is 9.07. The van der Waals surface area contributed by atoms with Gasteiger partial charge in [-0.15, -0.1) is 0 Å². The third-order valence-electron chi connectivity index (χ3n) is 9.23. The van der Waals surface area contributed by atoms with Gasteiger partial charge in [0.15, 0.2) is 17.9 Å². The fourth-order valence-corrected chi connectivity index (χ4v) is 7.55. The molecule has 0 amide bonds. The predicted molar refractivity (Wildman–Crippen MR) is 141 cm³/mol. The maximum absolute atomic E-state index is 6.32. The minimum absolute atomic E-state index is 0.189. The first-order chi connectivity index (χ1) is 18.7. The molecule has 4 heterocycles. The molecule has 0 aromatic carbocycles. The van der Waals surface area contributed by atoms with Gasteiger partial charge in [0.25, 0.3) is 0 Å². The predicted octanol–water partition coefficient (Wildman–Crippen LogP) is 3.99. The summed E-state index contributed by atoms with van der Waals surface area (Å²) in [5.41, 5.74) is 0. The summed E-state index contributed by atoms with van der Waals surface area (Å²) in [6.45, 7) is 7.76. The lowest BCUT2D eigenvalue weighted by Gasteiger charge is -2.36. The smallest absolute Gasteiger partial charge is 0.323 e. The van der Waals surface area contributed by atoms with Crippen LogP contribution in [0.15, 0.2) is 0 Å². The third kappa shape index (κ3) is 5.45. The molecular weight excluding hydrogens is 502 g/mol. The van der Waals surface area contributed by atoms with E-state index >= 15 is 0 Å². The largest absolute Gasteiger partial charge is 0.460 e. The van der Waals surface area contributed by atoms with E-state index in [4.69, 9.17) is 33.4 Å². The van der Waals surface area contributed by atoms with Crippen molar-refractivity contribution in [2.45, 2.75) is 140 Å². The molecule has 3 saturated carbocycles. The maximum atomic E-state index is 6.32. The third-order valence-corrected chi connectivity index (χ3v) is 9.23. The van der Waals surface area contributed by atoms with Crippen LogP contribution in [0.2, 0.25) is 0 Å². The van der Waals surface area contributed by atoms with Gasteiger partial charge >= 0.3 is 6.01 Å². The molecule has 8 atom stereocenters. The Balaban J connectivity index is 1.08. The highest BCUT2D eigenvalue weighted by Gasteiger charge is 2.60. The van der Waals surface area contributed by atoms with Crippen LogP contribution in [0.3, 0.4) is 0 Å². The molecule has 2 N–H and O–H groups in total. The molecule has 3 saturated heterocycles. The minimum Gasteiger partial charge on any atom is -0.460 e. The molecule has 1 aromatic rings. The summed E-state index contributed by atoms with van der Waals surface area (Å²) in [5, 5.41) is 7.17.